The molecule has 160 valence electrons. The van der Waals surface area contributed by atoms with Gasteiger partial charge in [0.1, 0.15) is 5.75 Å². The second-order valence-electron chi connectivity index (χ2n) is 7.26. The number of Topliss-reactive ketones (excluding diaryl/α,β-unsaturated/α-hetero) is 1. The highest BCUT2D eigenvalue weighted by Gasteiger charge is 2.20. The summed E-state index contributed by atoms with van der Waals surface area (Å²) in [6, 6.07) is 14.1. The number of esters is 1. The van der Waals surface area contributed by atoms with E-state index >= 15 is 0 Å². The molecule has 0 bridgehead atoms. The molecule has 2 aromatic carbocycles. The van der Waals surface area contributed by atoms with Gasteiger partial charge in [-0.3, -0.25) is 14.4 Å². The highest BCUT2D eigenvalue weighted by Crippen LogP contribution is 2.20. The molecule has 0 aliphatic rings. The molecule has 0 heterocycles. The zero-order chi connectivity index (χ0) is 22.1. The number of carbonyl (C=O) groups is 3. The SMILES string of the molecule is CCOc1ccccc1CCC(=O)O[C@@H](C)C(=O)c1ccc(NC(=O)C(C)C)cc1. The maximum atomic E-state index is 12.6. The lowest BCUT2D eigenvalue weighted by atomic mass is 10.1. The van der Waals surface area contributed by atoms with Gasteiger partial charge in [-0.25, -0.2) is 0 Å². The van der Waals surface area contributed by atoms with Gasteiger partial charge in [0, 0.05) is 23.6 Å². The van der Waals surface area contributed by atoms with Crippen molar-refractivity contribution >= 4 is 23.3 Å². The quantitative estimate of drug-likeness (QED) is 0.462. The van der Waals surface area contributed by atoms with Crippen molar-refractivity contribution in [2.24, 2.45) is 5.92 Å². The normalized spacial score (nSPS) is 11.6. The molecule has 1 amide bonds. The van der Waals surface area contributed by atoms with Crippen molar-refractivity contribution in [3.8, 4) is 5.75 Å². The number of para-hydroxylation sites is 1. The predicted molar refractivity (Wildman–Crippen MR) is 116 cm³/mol. The number of nitrogens with one attached hydrogen (secondary N) is 1. The van der Waals surface area contributed by atoms with E-state index in [9.17, 15) is 14.4 Å². The fraction of sp³-hybridized carbons (Fsp3) is 0.375. The van der Waals surface area contributed by atoms with E-state index in [1.807, 2.05) is 31.2 Å². The van der Waals surface area contributed by atoms with Crippen molar-refractivity contribution in [1.29, 1.82) is 0 Å². The summed E-state index contributed by atoms with van der Waals surface area (Å²) in [5.41, 5.74) is 1.96. The van der Waals surface area contributed by atoms with Gasteiger partial charge in [-0.15, -0.1) is 0 Å². The molecule has 0 spiro atoms. The molecule has 2 rings (SSSR count). The third kappa shape index (κ3) is 6.72. The van der Waals surface area contributed by atoms with Crippen LogP contribution in [0.5, 0.6) is 5.75 Å². The van der Waals surface area contributed by atoms with Crippen LogP contribution in [0.25, 0.3) is 0 Å². The standard InChI is InChI=1S/C24H29NO5/c1-5-29-21-9-7-6-8-18(21)12-15-22(26)30-17(4)23(27)19-10-13-20(14-11-19)25-24(28)16(2)3/h6-11,13-14,16-17H,5,12,15H2,1-4H3,(H,25,28)/t17-/m0/s1. The number of rotatable bonds is 10. The van der Waals surface area contributed by atoms with Crippen LogP contribution in [0, 0.1) is 5.92 Å². The molecule has 0 saturated heterocycles. The molecular weight excluding hydrogens is 382 g/mol. The Labute approximate surface area is 177 Å². The van der Waals surface area contributed by atoms with Crippen molar-refractivity contribution in [3.63, 3.8) is 0 Å². The topological polar surface area (TPSA) is 81.7 Å². The van der Waals surface area contributed by atoms with Crippen LogP contribution >= 0.6 is 0 Å². The van der Waals surface area contributed by atoms with Crippen molar-refractivity contribution in [1.82, 2.24) is 0 Å². The first kappa shape index (κ1) is 23.1. The summed E-state index contributed by atoms with van der Waals surface area (Å²) in [5, 5.41) is 2.77. The lowest BCUT2D eigenvalue weighted by molar-refractivity contribution is -0.146. The Morgan fingerprint density at radius 3 is 2.27 bits per heavy atom. The minimum Gasteiger partial charge on any atom is -0.494 e. The summed E-state index contributed by atoms with van der Waals surface area (Å²) in [7, 11) is 0. The first-order chi connectivity index (χ1) is 14.3. The fourth-order valence-electron chi connectivity index (χ4n) is 2.79. The summed E-state index contributed by atoms with van der Waals surface area (Å²) in [4.78, 5) is 36.5. The lowest BCUT2D eigenvalue weighted by Crippen LogP contribution is -2.24. The molecular formula is C24H29NO5. The van der Waals surface area contributed by atoms with E-state index in [4.69, 9.17) is 9.47 Å². The largest absolute Gasteiger partial charge is 0.494 e. The van der Waals surface area contributed by atoms with E-state index < -0.39 is 12.1 Å². The van der Waals surface area contributed by atoms with E-state index in [0.29, 0.717) is 24.3 Å². The molecule has 1 atom stereocenters. The lowest BCUT2D eigenvalue weighted by Gasteiger charge is -2.14. The maximum Gasteiger partial charge on any atom is 0.306 e. The van der Waals surface area contributed by atoms with Crippen LogP contribution in [0.15, 0.2) is 48.5 Å². The molecule has 0 radical (unpaired) electrons. The zero-order valence-electron chi connectivity index (χ0n) is 17.9. The van der Waals surface area contributed by atoms with E-state index in [0.717, 1.165) is 11.3 Å². The average Bonchev–Trinajstić information content (AvgIpc) is 2.73. The van der Waals surface area contributed by atoms with Crippen LogP contribution in [0.2, 0.25) is 0 Å². The number of aryl methyl sites for hydroxylation is 1. The first-order valence-electron chi connectivity index (χ1n) is 10.2. The third-order valence-electron chi connectivity index (χ3n) is 4.51. The van der Waals surface area contributed by atoms with E-state index in [1.165, 1.54) is 0 Å². The minimum atomic E-state index is -0.893. The number of benzene rings is 2. The summed E-state index contributed by atoms with van der Waals surface area (Å²) in [6.07, 6.45) is -0.266. The molecule has 0 saturated carbocycles. The Bertz CT molecular complexity index is 873. The van der Waals surface area contributed by atoms with Crippen LogP contribution in [0.1, 0.15) is 50.0 Å². The molecule has 0 aromatic heterocycles. The number of hydrogen-bond donors (Lipinski definition) is 1. The Balaban J connectivity index is 1.89. The Morgan fingerprint density at radius 1 is 0.967 bits per heavy atom. The first-order valence-corrected chi connectivity index (χ1v) is 10.2. The van der Waals surface area contributed by atoms with Crippen molar-refractivity contribution in [2.45, 2.75) is 46.6 Å². The third-order valence-corrected chi connectivity index (χ3v) is 4.51. The van der Waals surface area contributed by atoms with Crippen LogP contribution < -0.4 is 10.1 Å². The van der Waals surface area contributed by atoms with Gasteiger partial charge in [-0.2, -0.15) is 0 Å². The smallest absolute Gasteiger partial charge is 0.306 e. The molecule has 6 heteroatoms. The molecule has 30 heavy (non-hydrogen) atoms. The van der Waals surface area contributed by atoms with Gasteiger partial charge >= 0.3 is 5.97 Å². The van der Waals surface area contributed by atoms with Crippen LogP contribution in [-0.2, 0) is 20.7 Å². The summed E-state index contributed by atoms with van der Waals surface area (Å²) < 4.78 is 10.9. The van der Waals surface area contributed by atoms with Gasteiger partial charge in [-0.1, -0.05) is 32.0 Å². The minimum absolute atomic E-state index is 0.0951. The molecule has 0 aliphatic heterocycles. The predicted octanol–water partition coefficient (Wildman–Crippen LogP) is 4.43. The highest BCUT2D eigenvalue weighted by atomic mass is 16.5. The summed E-state index contributed by atoms with van der Waals surface area (Å²) >= 11 is 0. The second kappa shape index (κ2) is 11.1. The number of hydrogen-bond acceptors (Lipinski definition) is 5. The average molecular weight is 411 g/mol. The van der Waals surface area contributed by atoms with Gasteiger partial charge in [0.05, 0.1) is 6.61 Å². The Kier molecular flexibility index (Phi) is 8.59. The van der Waals surface area contributed by atoms with E-state index in [2.05, 4.69) is 5.32 Å². The number of amides is 1. The van der Waals surface area contributed by atoms with Gasteiger partial charge in [0.25, 0.3) is 0 Å². The number of anilines is 1. The number of ether oxygens (including phenoxy) is 2. The number of ketones is 1. The fourth-order valence-corrected chi connectivity index (χ4v) is 2.79. The van der Waals surface area contributed by atoms with Crippen LogP contribution in [0.4, 0.5) is 5.69 Å². The second-order valence-corrected chi connectivity index (χ2v) is 7.26. The molecule has 1 N–H and O–H groups in total. The van der Waals surface area contributed by atoms with Crippen molar-refractivity contribution in [2.75, 3.05) is 11.9 Å². The molecule has 2 aromatic rings. The Morgan fingerprint density at radius 2 is 1.63 bits per heavy atom. The van der Waals surface area contributed by atoms with E-state index in [-0.39, 0.29) is 24.0 Å². The van der Waals surface area contributed by atoms with Gasteiger partial charge < -0.3 is 14.8 Å². The molecule has 0 aliphatic carbocycles. The summed E-state index contributed by atoms with van der Waals surface area (Å²) in [5.74, 6) is -0.210. The van der Waals surface area contributed by atoms with Gasteiger partial charge in [-0.05, 0) is 56.2 Å². The number of carbonyl (C=O) groups excluding carboxylic acids is 3. The zero-order valence-corrected chi connectivity index (χ0v) is 17.9. The Hall–Kier alpha value is -3.15. The maximum absolute atomic E-state index is 12.6. The molecule has 0 fully saturated rings. The van der Waals surface area contributed by atoms with Gasteiger partial charge in [0.15, 0.2) is 6.10 Å². The van der Waals surface area contributed by atoms with Crippen molar-refractivity contribution in [3.05, 3.63) is 59.7 Å². The van der Waals surface area contributed by atoms with E-state index in [1.54, 1.807) is 45.0 Å². The highest BCUT2D eigenvalue weighted by molar-refractivity contribution is 6.01. The van der Waals surface area contributed by atoms with Crippen molar-refractivity contribution < 1.29 is 23.9 Å². The van der Waals surface area contributed by atoms with Gasteiger partial charge in [0.2, 0.25) is 11.7 Å². The molecule has 6 nitrogen and oxygen atoms in total. The molecule has 0 unspecified atom stereocenters. The van der Waals surface area contributed by atoms with Crippen LogP contribution in [-0.4, -0.2) is 30.4 Å². The van der Waals surface area contributed by atoms with Crippen LogP contribution in [0.3, 0.4) is 0 Å². The monoisotopic (exact) mass is 411 g/mol. The summed E-state index contributed by atoms with van der Waals surface area (Å²) in [6.45, 7) is 7.62.